The molecule has 0 spiro atoms. The highest BCUT2D eigenvalue weighted by molar-refractivity contribution is 14.1. The molecule has 0 saturated carbocycles. The molecule has 2 heteroatoms. The lowest BCUT2D eigenvalue weighted by atomic mass is 9.89. The molecule has 0 unspecified atom stereocenters. The van der Waals surface area contributed by atoms with Crippen LogP contribution < -0.4 is 0 Å². The van der Waals surface area contributed by atoms with E-state index in [-0.39, 0.29) is 0 Å². The molecule has 3 rings (SSSR count). The molecule has 3 aliphatic heterocycles. The van der Waals surface area contributed by atoms with Gasteiger partial charge in [0.05, 0.1) is 19.6 Å². The van der Waals surface area contributed by atoms with Crippen LogP contribution in [0.4, 0.5) is 0 Å². The zero-order valence-corrected chi connectivity index (χ0v) is 7.80. The molecule has 1 nitrogen and oxygen atoms in total. The molecule has 0 aliphatic carbocycles. The van der Waals surface area contributed by atoms with Crippen LogP contribution in [0.1, 0.15) is 19.3 Å². The molecule has 0 aromatic carbocycles. The van der Waals surface area contributed by atoms with E-state index in [9.17, 15) is 0 Å². The first-order valence-electron chi connectivity index (χ1n) is 3.84. The monoisotopic (exact) mass is 238 g/mol. The highest BCUT2D eigenvalue weighted by Gasteiger charge is 2.37. The molecule has 0 aromatic rings. The first-order valence-corrected chi connectivity index (χ1v) is 4.81. The van der Waals surface area contributed by atoms with Gasteiger partial charge in [-0.3, -0.25) is 2.70 Å². The second kappa shape index (κ2) is 2.09. The van der Waals surface area contributed by atoms with Crippen LogP contribution >= 0.6 is 22.9 Å². The van der Waals surface area contributed by atoms with Crippen molar-refractivity contribution in [2.75, 3.05) is 19.6 Å². The molecule has 0 amide bonds. The Labute approximate surface area is 70.5 Å². The van der Waals surface area contributed by atoms with E-state index in [1.165, 1.54) is 41.6 Å². The third kappa shape index (κ3) is 1.11. The third-order valence-electron chi connectivity index (χ3n) is 2.81. The summed E-state index contributed by atoms with van der Waals surface area (Å²) in [6.07, 6.45) is 4.51. The first-order chi connectivity index (χ1) is 4.29. The second-order valence-electron chi connectivity index (χ2n) is 3.43. The smallest absolute Gasteiger partial charge is 0.248 e. The summed E-state index contributed by atoms with van der Waals surface area (Å²) in [5, 5.41) is 0. The van der Waals surface area contributed by atoms with Gasteiger partial charge >= 0.3 is 0 Å². The van der Waals surface area contributed by atoms with Gasteiger partial charge < -0.3 is 0 Å². The Bertz CT molecular complexity index is 102. The average molecular weight is 238 g/mol. The Kier molecular flexibility index (Phi) is 1.49. The van der Waals surface area contributed by atoms with Crippen LogP contribution in [-0.2, 0) is 0 Å². The van der Waals surface area contributed by atoms with Crippen molar-refractivity contribution in [2.24, 2.45) is 5.92 Å². The highest BCUT2D eigenvalue weighted by atomic mass is 127. The van der Waals surface area contributed by atoms with Crippen molar-refractivity contribution in [2.45, 2.75) is 19.3 Å². The lowest BCUT2D eigenvalue weighted by Crippen LogP contribution is -2.50. The van der Waals surface area contributed by atoms with Gasteiger partial charge in [0.2, 0.25) is 22.9 Å². The van der Waals surface area contributed by atoms with E-state index < -0.39 is 0 Å². The van der Waals surface area contributed by atoms with Crippen molar-refractivity contribution in [3.05, 3.63) is 0 Å². The fourth-order valence-corrected chi connectivity index (χ4v) is 2.85. The van der Waals surface area contributed by atoms with E-state index in [2.05, 4.69) is 22.9 Å². The van der Waals surface area contributed by atoms with E-state index in [0.29, 0.717) is 0 Å². The Morgan fingerprint density at radius 3 is 1.67 bits per heavy atom. The standard InChI is InChI=1S/C7H13IN/c8-9-4-1-7(2-5-9)3-6-9/h7H,1-6H2/q+1. The summed E-state index contributed by atoms with van der Waals surface area (Å²) in [7, 11) is 0. The van der Waals surface area contributed by atoms with Crippen LogP contribution in [0.25, 0.3) is 0 Å². The molecule has 52 valence electrons. The van der Waals surface area contributed by atoms with Crippen LogP contribution in [0.5, 0.6) is 0 Å². The number of fused-ring (bicyclic) bond motifs is 3. The van der Waals surface area contributed by atoms with Gasteiger partial charge in [0, 0.05) is 19.3 Å². The molecular formula is C7H13IN+. The minimum Gasteiger partial charge on any atom is -0.267 e. The summed E-state index contributed by atoms with van der Waals surface area (Å²) in [5.41, 5.74) is 0. The fraction of sp³-hybridized carbons (Fsp3) is 1.00. The number of nitrogens with zero attached hydrogens (tertiary/aromatic N) is 1. The zero-order chi connectivity index (χ0) is 6.32. The predicted molar refractivity (Wildman–Crippen MR) is 46.2 cm³/mol. The maximum atomic E-state index is 2.63. The van der Waals surface area contributed by atoms with E-state index in [1.54, 1.807) is 0 Å². The summed E-state index contributed by atoms with van der Waals surface area (Å²) in [4.78, 5) is 0. The maximum absolute atomic E-state index is 2.63. The summed E-state index contributed by atoms with van der Waals surface area (Å²) in [6.45, 7) is 4.35. The number of hydrogen-bond acceptors (Lipinski definition) is 0. The molecule has 2 bridgehead atoms. The topological polar surface area (TPSA) is 0 Å². The lowest BCUT2D eigenvalue weighted by molar-refractivity contribution is -0.774. The minimum absolute atomic E-state index is 1.11. The maximum Gasteiger partial charge on any atom is 0.248 e. The molecule has 9 heavy (non-hydrogen) atoms. The Balaban J connectivity index is 2.11. The first kappa shape index (κ1) is 6.40. The summed E-state index contributed by atoms with van der Waals surface area (Å²) < 4.78 is 1.36. The van der Waals surface area contributed by atoms with Crippen molar-refractivity contribution in [3.8, 4) is 0 Å². The summed E-state index contributed by atoms with van der Waals surface area (Å²) >= 11 is 2.63. The van der Waals surface area contributed by atoms with Gasteiger partial charge in [-0.25, -0.2) is 0 Å². The van der Waals surface area contributed by atoms with Gasteiger partial charge in [-0.05, 0) is 5.92 Å². The van der Waals surface area contributed by atoms with Crippen LogP contribution in [0.2, 0.25) is 0 Å². The molecular weight excluding hydrogens is 225 g/mol. The second-order valence-corrected chi connectivity index (χ2v) is 5.48. The lowest BCUT2D eigenvalue weighted by Gasteiger charge is -2.43. The summed E-state index contributed by atoms with van der Waals surface area (Å²) in [6, 6.07) is 0. The van der Waals surface area contributed by atoms with E-state index in [0.717, 1.165) is 5.92 Å². The average Bonchev–Trinajstić information content (AvgIpc) is 1.90. The largest absolute Gasteiger partial charge is 0.267 e. The van der Waals surface area contributed by atoms with Crippen molar-refractivity contribution in [1.29, 1.82) is 0 Å². The van der Waals surface area contributed by atoms with E-state index >= 15 is 0 Å². The van der Waals surface area contributed by atoms with Gasteiger partial charge in [0.1, 0.15) is 0 Å². The molecule has 3 heterocycles. The minimum atomic E-state index is 1.11. The SMILES string of the molecule is I[N+]12CCC(CC1)CC2. The van der Waals surface area contributed by atoms with Crippen molar-refractivity contribution in [1.82, 2.24) is 0 Å². The Morgan fingerprint density at radius 2 is 1.44 bits per heavy atom. The molecule has 3 saturated heterocycles. The third-order valence-corrected chi connectivity index (χ3v) is 4.26. The quantitative estimate of drug-likeness (QED) is 0.447. The van der Waals surface area contributed by atoms with Crippen LogP contribution in [0, 0.1) is 5.92 Å². The Morgan fingerprint density at radius 1 is 1.00 bits per heavy atom. The number of quaternary nitrogens is 1. The van der Waals surface area contributed by atoms with Crippen molar-refractivity contribution in [3.63, 3.8) is 0 Å². The van der Waals surface area contributed by atoms with Crippen molar-refractivity contribution >= 4 is 22.9 Å². The predicted octanol–water partition coefficient (Wildman–Crippen LogP) is 1.97. The van der Waals surface area contributed by atoms with Gasteiger partial charge in [0.15, 0.2) is 0 Å². The Hall–Kier alpha value is 0.690. The van der Waals surface area contributed by atoms with E-state index in [4.69, 9.17) is 0 Å². The van der Waals surface area contributed by atoms with Crippen molar-refractivity contribution < 1.29 is 2.70 Å². The molecule has 0 N–H and O–H groups in total. The fourth-order valence-electron chi connectivity index (χ4n) is 2.01. The van der Waals surface area contributed by atoms with Gasteiger partial charge in [-0.1, -0.05) is 0 Å². The van der Waals surface area contributed by atoms with Crippen LogP contribution in [0.3, 0.4) is 0 Å². The van der Waals surface area contributed by atoms with Gasteiger partial charge in [0.25, 0.3) is 0 Å². The molecule has 0 atom stereocenters. The molecule has 3 aliphatic rings. The number of hydrogen-bond donors (Lipinski definition) is 0. The van der Waals surface area contributed by atoms with Gasteiger partial charge in [-0.15, -0.1) is 0 Å². The van der Waals surface area contributed by atoms with E-state index in [1.807, 2.05) is 0 Å². The zero-order valence-electron chi connectivity index (χ0n) is 5.65. The highest BCUT2D eigenvalue weighted by Crippen LogP contribution is 2.36. The van der Waals surface area contributed by atoms with Gasteiger partial charge in [-0.2, -0.15) is 0 Å². The van der Waals surface area contributed by atoms with Crippen LogP contribution in [0.15, 0.2) is 0 Å². The number of halogens is 1. The normalized spacial score (nSPS) is 49.7. The number of rotatable bonds is 0. The molecule has 0 aromatic heterocycles. The van der Waals surface area contributed by atoms with Crippen LogP contribution in [-0.4, -0.2) is 22.3 Å². The summed E-state index contributed by atoms with van der Waals surface area (Å²) in [5.74, 6) is 1.11. The number of piperidine rings is 3. The molecule has 0 radical (unpaired) electrons. The molecule has 3 fully saturated rings.